The second kappa shape index (κ2) is 9.26. The minimum Gasteiger partial charge on any atom is -0.502 e. The van der Waals surface area contributed by atoms with E-state index in [1.807, 2.05) is 32.9 Å². The van der Waals surface area contributed by atoms with Crippen LogP contribution in [-0.4, -0.2) is 26.4 Å². The maximum atomic E-state index is 5.99. The van der Waals surface area contributed by atoms with Gasteiger partial charge >= 0.3 is 0 Å². The van der Waals surface area contributed by atoms with Crippen LogP contribution >= 0.6 is 0 Å². The first kappa shape index (κ1) is 18.2. The van der Waals surface area contributed by atoms with Crippen molar-refractivity contribution in [1.29, 1.82) is 0 Å². The fourth-order valence-electron chi connectivity index (χ4n) is 3.13. The summed E-state index contributed by atoms with van der Waals surface area (Å²) in [6, 6.07) is 6.17. The molecule has 0 aromatic heterocycles. The number of hydrogen-bond acceptors (Lipinski definition) is 4. The van der Waals surface area contributed by atoms with Crippen molar-refractivity contribution >= 4 is 5.76 Å². The van der Waals surface area contributed by atoms with Gasteiger partial charge in [0.1, 0.15) is 11.5 Å². The Morgan fingerprint density at radius 2 is 1.79 bits per heavy atom. The second-order valence-corrected chi connectivity index (χ2v) is 5.45. The summed E-state index contributed by atoms with van der Waals surface area (Å²) in [6.07, 6.45) is 3.34. The smallest absolute Gasteiger partial charge is 0.168 e. The molecule has 132 valence electrons. The van der Waals surface area contributed by atoms with Crippen LogP contribution in [0.15, 0.2) is 36.8 Å². The molecule has 1 atom stereocenters. The SMILES string of the molecule is C=COCCCC1C(OCC)=C(OCC)c2c(OCC)cccc21. The van der Waals surface area contributed by atoms with Gasteiger partial charge in [-0.1, -0.05) is 18.7 Å². The van der Waals surface area contributed by atoms with Gasteiger partial charge in [-0.05, 0) is 45.2 Å². The predicted octanol–water partition coefficient (Wildman–Crippen LogP) is 4.86. The van der Waals surface area contributed by atoms with Crippen LogP contribution in [0.3, 0.4) is 0 Å². The highest BCUT2D eigenvalue weighted by atomic mass is 16.5. The van der Waals surface area contributed by atoms with Gasteiger partial charge in [0.15, 0.2) is 5.76 Å². The highest BCUT2D eigenvalue weighted by Crippen LogP contribution is 2.48. The van der Waals surface area contributed by atoms with E-state index in [0.717, 1.165) is 35.7 Å². The molecule has 0 radical (unpaired) electrons. The molecule has 0 amide bonds. The lowest BCUT2D eigenvalue weighted by molar-refractivity contribution is 0.185. The monoisotopic (exact) mass is 332 g/mol. The van der Waals surface area contributed by atoms with Crippen LogP contribution in [0.25, 0.3) is 5.76 Å². The molecule has 1 aliphatic rings. The first-order valence-electron chi connectivity index (χ1n) is 8.76. The van der Waals surface area contributed by atoms with E-state index in [1.165, 1.54) is 11.8 Å². The molecule has 0 saturated heterocycles. The number of fused-ring (bicyclic) bond motifs is 1. The van der Waals surface area contributed by atoms with E-state index in [4.69, 9.17) is 18.9 Å². The number of ether oxygens (including phenoxy) is 4. The molecule has 0 spiro atoms. The standard InChI is InChI=1S/C20H28O4/c1-5-21-14-10-12-16-15-11-9-13-17(22-6-2)18(15)20(24-8-4)19(16)23-7-3/h5,9,11,13,16H,1,6-8,10,12,14H2,2-4H3. The molecule has 1 aromatic rings. The van der Waals surface area contributed by atoms with Crippen LogP contribution < -0.4 is 4.74 Å². The van der Waals surface area contributed by atoms with E-state index in [2.05, 4.69) is 12.6 Å². The molecule has 1 unspecified atom stereocenters. The normalized spacial score (nSPS) is 15.9. The summed E-state index contributed by atoms with van der Waals surface area (Å²) in [5.74, 6) is 2.78. The summed E-state index contributed by atoms with van der Waals surface area (Å²) >= 11 is 0. The molecule has 0 fully saturated rings. The van der Waals surface area contributed by atoms with Crippen molar-refractivity contribution in [1.82, 2.24) is 0 Å². The van der Waals surface area contributed by atoms with Crippen molar-refractivity contribution in [2.24, 2.45) is 0 Å². The molecule has 0 N–H and O–H groups in total. The summed E-state index contributed by atoms with van der Waals surface area (Å²) in [5, 5.41) is 0. The minimum absolute atomic E-state index is 0.176. The molecule has 2 rings (SSSR count). The summed E-state index contributed by atoms with van der Waals surface area (Å²) in [7, 11) is 0. The van der Waals surface area contributed by atoms with Gasteiger partial charge in [-0.2, -0.15) is 0 Å². The lowest BCUT2D eigenvalue weighted by Crippen LogP contribution is -2.05. The van der Waals surface area contributed by atoms with Crippen molar-refractivity contribution in [2.45, 2.75) is 39.5 Å². The summed E-state index contributed by atoms with van der Waals surface area (Å²) in [6.45, 7) is 12.1. The zero-order valence-electron chi connectivity index (χ0n) is 15.0. The van der Waals surface area contributed by atoms with E-state index in [0.29, 0.717) is 26.4 Å². The Morgan fingerprint density at radius 1 is 1.04 bits per heavy atom. The Kier molecular flexibility index (Phi) is 7.04. The van der Waals surface area contributed by atoms with E-state index in [-0.39, 0.29) is 5.92 Å². The largest absolute Gasteiger partial charge is 0.502 e. The van der Waals surface area contributed by atoms with Crippen molar-refractivity contribution in [3.8, 4) is 5.75 Å². The zero-order chi connectivity index (χ0) is 17.4. The Balaban J connectivity index is 2.38. The molecule has 24 heavy (non-hydrogen) atoms. The first-order valence-corrected chi connectivity index (χ1v) is 8.76. The topological polar surface area (TPSA) is 36.9 Å². The van der Waals surface area contributed by atoms with Gasteiger partial charge in [-0.25, -0.2) is 0 Å². The van der Waals surface area contributed by atoms with Crippen LogP contribution in [0.5, 0.6) is 5.75 Å². The molecule has 1 aromatic carbocycles. The van der Waals surface area contributed by atoms with E-state index in [1.54, 1.807) is 0 Å². The highest BCUT2D eigenvalue weighted by molar-refractivity contribution is 5.77. The average Bonchev–Trinajstić information content (AvgIpc) is 2.87. The van der Waals surface area contributed by atoms with Crippen LogP contribution in [0.1, 0.15) is 50.7 Å². The molecular formula is C20H28O4. The molecule has 0 bridgehead atoms. The molecular weight excluding hydrogens is 304 g/mol. The van der Waals surface area contributed by atoms with Gasteiger partial charge in [0.05, 0.1) is 38.3 Å². The van der Waals surface area contributed by atoms with E-state index in [9.17, 15) is 0 Å². The van der Waals surface area contributed by atoms with Gasteiger partial charge in [-0.3, -0.25) is 0 Å². The maximum Gasteiger partial charge on any atom is 0.168 e. The second-order valence-electron chi connectivity index (χ2n) is 5.45. The fraction of sp³-hybridized carbons (Fsp3) is 0.500. The van der Waals surface area contributed by atoms with Crippen molar-refractivity contribution in [3.63, 3.8) is 0 Å². The molecule has 1 aliphatic carbocycles. The van der Waals surface area contributed by atoms with Crippen molar-refractivity contribution in [3.05, 3.63) is 47.9 Å². The summed E-state index contributed by atoms with van der Waals surface area (Å²) in [4.78, 5) is 0. The first-order chi connectivity index (χ1) is 11.8. The lowest BCUT2D eigenvalue weighted by Gasteiger charge is -2.16. The van der Waals surface area contributed by atoms with E-state index >= 15 is 0 Å². The van der Waals surface area contributed by atoms with Gasteiger partial charge in [-0.15, -0.1) is 0 Å². The van der Waals surface area contributed by atoms with Gasteiger partial charge in [0.2, 0.25) is 0 Å². The average molecular weight is 332 g/mol. The Hall–Kier alpha value is -2.10. The third kappa shape index (κ3) is 3.86. The Morgan fingerprint density at radius 3 is 2.46 bits per heavy atom. The van der Waals surface area contributed by atoms with Crippen molar-refractivity contribution < 1.29 is 18.9 Å². The quantitative estimate of drug-likeness (QED) is 0.428. The Bertz CT molecular complexity index is 577. The van der Waals surface area contributed by atoms with Crippen molar-refractivity contribution in [2.75, 3.05) is 26.4 Å². The molecule has 0 saturated carbocycles. The summed E-state index contributed by atoms with van der Waals surface area (Å²) in [5.41, 5.74) is 2.26. The highest BCUT2D eigenvalue weighted by Gasteiger charge is 2.36. The number of rotatable bonds is 11. The van der Waals surface area contributed by atoms with Gasteiger partial charge in [0.25, 0.3) is 0 Å². The molecule has 4 heteroatoms. The summed E-state index contributed by atoms with van der Waals surface area (Å²) < 4.78 is 23.1. The van der Waals surface area contributed by atoms with Crippen LogP contribution in [0.2, 0.25) is 0 Å². The molecule has 4 nitrogen and oxygen atoms in total. The van der Waals surface area contributed by atoms with Gasteiger partial charge < -0.3 is 18.9 Å². The lowest BCUT2D eigenvalue weighted by atomic mass is 9.95. The zero-order valence-corrected chi connectivity index (χ0v) is 15.0. The minimum atomic E-state index is 0.176. The third-order valence-corrected chi connectivity index (χ3v) is 3.96. The molecule has 0 heterocycles. The fourth-order valence-corrected chi connectivity index (χ4v) is 3.13. The Labute approximate surface area is 145 Å². The number of hydrogen-bond donors (Lipinski definition) is 0. The molecule has 0 aliphatic heterocycles. The van der Waals surface area contributed by atoms with Crippen LogP contribution in [-0.2, 0) is 14.2 Å². The maximum absolute atomic E-state index is 5.99. The number of allylic oxidation sites excluding steroid dienone is 1. The number of benzene rings is 1. The third-order valence-electron chi connectivity index (χ3n) is 3.96. The van der Waals surface area contributed by atoms with Gasteiger partial charge in [0, 0.05) is 5.92 Å². The van der Waals surface area contributed by atoms with E-state index < -0.39 is 0 Å². The predicted molar refractivity (Wildman–Crippen MR) is 95.9 cm³/mol. The van der Waals surface area contributed by atoms with Crippen LogP contribution in [0.4, 0.5) is 0 Å². The van der Waals surface area contributed by atoms with Crippen LogP contribution in [0, 0.1) is 0 Å².